The molecule has 0 amide bonds. The van der Waals surface area contributed by atoms with Gasteiger partial charge in [-0.1, -0.05) is 16.7 Å². The van der Waals surface area contributed by atoms with Crippen LogP contribution in [0.4, 0.5) is 0 Å². The van der Waals surface area contributed by atoms with E-state index in [9.17, 15) is 4.79 Å². The SMILES string of the molecule is COC(=O)c1nnsc1C=S. The minimum atomic E-state index is -0.505. The summed E-state index contributed by atoms with van der Waals surface area (Å²) >= 11 is 5.70. The Kier molecular flexibility index (Phi) is 2.61. The summed E-state index contributed by atoms with van der Waals surface area (Å²) < 4.78 is 7.99. The molecular formula is C5H4N2O2S2. The van der Waals surface area contributed by atoms with Crippen molar-refractivity contribution in [3.8, 4) is 0 Å². The quantitative estimate of drug-likeness (QED) is 0.504. The molecule has 1 aromatic rings. The maximum Gasteiger partial charge on any atom is 0.360 e. The average Bonchev–Trinajstić information content (AvgIpc) is 2.50. The van der Waals surface area contributed by atoms with Crippen molar-refractivity contribution in [2.75, 3.05) is 7.11 Å². The van der Waals surface area contributed by atoms with E-state index in [-0.39, 0.29) is 5.69 Å². The maximum absolute atomic E-state index is 10.9. The zero-order chi connectivity index (χ0) is 8.27. The number of carbonyl (C=O) groups excluding carboxylic acids is 1. The Morgan fingerprint density at radius 2 is 2.55 bits per heavy atom. The lowest BCUT2D eigenvalue weighted by Crippen LogP contribution is -2.04. The molecule has 0 bridgehead atoms. The highest BCUT2D eigenvalue weighted by Crippen LogP contribution is 2.08. The Morgan fingerprint density at radius 1 is 1.82 bits per heavy atom. The molecule has 0 fully saturated rings. The summed E-state index contributed by atoms with van der Waals surface area (Å²) in [6, 6.07) is 0. The minimum absolute atomic E-state index is 0.188. The van der Waals surface area contributed by atoms with Crippen molar-refractivity contribution in [1.82, 2.24) is 9.59 Å². The Hall–Kier alpha value is -0.880. The number of ether oxygens (including phenoxy) is 1. The molecule has 0 atom stereocenters. The summed E-state index contributed by atoms with van der Waals surface area (Å²) in [6.07, 6.45) is 0. The molecule has 0 spiro atoms. The van der Waals surface area contributed by atoms with Gasteiger partial charge in [-0.15, -0.1) is 5.10 Å². The van der Waals surface area contributed by atoms with Gasteiger partial charge in [-0.25, -0.2) is 4.79 Å². The molecule has 4 nitrogen and oxygen atoms in total. The third-order valence-electron chi connectivity index (χ3n) is 0.999. The number of thiocarbonyl (C=S) groups is 1. The molecule has 0 saturated heterocycles. The second-order valence-corrected chi connectivity index (χ2v) is 2.62. The van der Waals surface area contributed by atoms with E-state index in [1.54, 1.807) is 0 Å². The molecule has 0 radical (unpaired) electrons. The van der Waals surface area contributed by atoms with Crippen LogP contribution in [-0.4, -0.2) is 28.0 Å². The molecule has 0 saturated carbocycles. The third kappa shape index (κ3) is 1.58. The Balaban J connectivity index is 3.01. The van der Waals surface area contributed by atoms with Gasteiger partial charge in [0.05, 0.1) is 12.0 Å². The molecule has 0 aromatic carbocycles. The van der Waals surface area contributed by atoms with E-state index in [2.05, 4.69) is 26.5 Å². The van der Waals surface area contributed by atoms with Gasteiger partial charge in [0, 0.05) is 5.37 Å². The Bertz CT molecular complexity index is 284. The van der Waals surface area contributed by atoms with Crippen LogP contribution in [0.15, 0.2) is 0 Å². The van der Waals surface area contributed by atoms with Crippen molar-refractivity contribution >= 4 is 35.1 Å². The second kappa shape index (κ2) is 3.49. The van der Waals surface area contributed by atoms with Crippen LogP contribution in [0.1, 0.15) is 15.4 Å². The molecule has 0 aliphatic rings. The number of carbonyl (C=O) groups is 1. The van der Waals surface area contributed by atoms with Gasteiger partial charge in [-0.05, 0) is 11.5 Å². The highest BCUT2D eigenvalue weighted by molar-refractivity contribution is 7.79. The first-order chi connectivity index (χ1) is 5.29. The summed E-state index contributed by atoms with van der Waals surface area (Å²) in [7, 11) is 1.29. The summed E-state index contributed by atoms with van der Waals surface area (Å²) in [6.45, 7) is 0. The number of aromatic nitrogens is 2. The van der Waals surface area contributed by atoms with Gasteiger partial charge in [-0.2, -0.15) is 0 Å². The number of hydrogen-bond donors (Lipinski definition) is 0. The molecule has 0 aliphatic heterocycles. The standard InChI is InChI=1S/C5H4N2O2S2/c1-9-5(8)4-3(2-10)11-7-6-4/h2H,1H3. The fourth-order valence-corrected chi connectivity index (χ4v) is 1.22. The molecule has 58 valence electrons. The highest BCUT2D eigenvalue weighted by atomic mass is 32.1. The Labute approximate surface area is 72.3 Å². The first-order valence-electron chi connectivity index (χ1n) is 2.65. The zero-order valence-corrected chi connectivity index (χ0v) is 7.24. The van der Waals surface area contributed by atoms with Crippen LogP contribution in [0.5, 0.6) is 0 Å². The third-order valence-corrected chi connectivity index (χ3v) is 2.06. The number of hydrogen-bond acceptors (Lipinski definition) is 6. The van der Waals surface area contributed by atoms with Gasteiger partial charge in [0.2, 0.25) is 0 Å². The zero-order valence-electron chi connectivity index (χ0n) is 5.60. The molecule has 1 aromatic heterocycles. The maximum atomic E-state index is 10.9. The first kappa shape index (κ1) is 8.22. The van der Waals surface area contributed by atoms with Crippen molar-refractivity contribution in [3.63, 3.8) is 0 Å². The Morgan fingerprint density at radius 3 is 3.09 bits per heavy atom. The monoisotopic (exact) mass is 188 g/mol. The smallest absolute Gasteiger partial charge is 0.360 e. The lowest BCUT2D eigenvalue weighted by atomic mass is 10.4. The van der Waals surface area contributed by atoms with Crippen LogP contribution >= 0.6 is 23.8 Å². The van der Waals surface area contributed by atoms with Crippen LogP contribution in [0.3, 0.4) is 0 Å². The van der Waals surface area contributed by atoms with Crippen molar-refractivity contribution in [3.05, 3.63) is 10.6 Å². The summed E-state index contributed by atoms with van der Waals surface area (Å²) in [5.74, 6) is -0.505. The van der Waals surface area contributed by atoms with E-state index in [0.717, 1.165) is 11.5 Å². The van der Waals surface area contributed by atoms with E-state index < -0.39 is 5.97 Å². The van der Waals surface area contributed by atoms with Crippen LogP contribution < -0.4 is 0 Å². The van der Waals surface area contributed by atoms with Gasteiger partial charge < -0.3 is 4.74 Å². The van der Waals surface area contributed by atoms with Gasteiger partial charge >= 0.3 is 5.97 Å². The van der Waals surface area contributed by atoms with Gasteiger partial charge in [-0.3, -0.25) is 0 Å². The molecule has 1 rings (SSSR count). The average molecular weight is 188 g/mol. The van der Waals surface area contributed by atoms with Crippen molar-refractivity contribution in [1.29, 1.82) is 0 Å². The van der Waals surface area contributed by atoms with Gasteiger partial charge in [0.1, 0.15) is 0 Å². The summed E-state index contributed by atoms with van der Waals surface area (Å²) in [4.78, 5) is 11.4. The fourth-order valence-electron chi connectivity index (χ4n) is 0.513. The molecule has 0 aliphatic carbocycles. The topological polar surface area (TPSA) is 52.1 Å². The van der Waals surface area contributed by atoms with Crippen LogP contribution in [-0.2, 0) is 4.74 Å². The van der Waals surface area contributed by atoms with Gasteiger partial charge in [0.15, 0.2) is 5.69 Å². The molecular weight excluding hydrogens is 184 g/mol. The minimum Gasteiger partial charge on any atom is -0.464 e. The molecule has 6 heteroatoms. The number of rotatable bonds is 2. The number of methoxy groups -OCH3 is 1. The van der Waals surface area contributed by atoms with E-state index in [0.29, 0.717) is 4.88 Å². The number of nitrogens with zero attached hydrogens (tertiary/aromatic N) is 2. The molecule has 1 heterocycles. The fraction of sp³-hybridized carbons (Fsp3) is 0.200. The molecule has 11 heavy (non-hydrogen) atoms. The van der Waals surface area contributed by atoms with Crippen molar-refractivity contribution < 1.29 is 9.53 Å². The molecule has 0 unspecified atom stereocenters. The number of esters is 1. The van der Waals surface area contributed by atoms with Crippen molar-refractivity contribution in [2.24, 2.45) is 0 Å². The first-order valence-corrected chi connectivity index (χ1v) is 3.90. The summed E-state index contributed by atoms with van der Waals surface area (Å²) in [5, 5.41) is 4.91. The highest BCUT2D eigenvalue weighted by Gasteiger charge is 2.14. The van der Waals surface area contributed by atoms with Crippen LogP contribution in [0.2, 0.25) is 0 Å². The van der Waals surface area contributed by atoms with E-state index in [1.165, 1.54) is 12.5 Å². The lowest BCUT2D eigenvalue weighted by molar-refractivity contribution is 0.0594. The predicted molar refractivity (Wildman–Crippen MR) is 44.0 cm³/mol. The van der Waals surface area contributed by atoms with E-state index in [4.69, 9.17) is 0 Å². The van der Waals surface area contributed by atoms with E-state index >= 15 is 0 Å². The normalized spacial score (nSPS) is 9.18. The van der Waals surface area contributed by atoms with Crippen molar-refractivity contribution in [2.45, 2.75) is 0 Å². The van der Waals surface area contributed by atoms with E-state index in [1.807, 2.05) is 0 Å². The largest absolute Gasteiger partial charge is 0.464 e. The summed E-state index contributed by atoms with van der Waals surface area (Å²) in [5.41, 5.74) is 0.188. The van der Waals surface area contributed by atoms with Gasteiger partial charge in [0.25, 0.3) is 0 Å². The predicted octanol–water partition coefficient (Wildman–Crippen LogP) is 0.672. The lowest BCUT2D eigenvalue weighted by Gasteiger charge is -1.91. The molecule has 0 N–H and O–H groups in total. The second-order valence-electron chi connectivity index (χ2n) is 1.60. The van der Waals surface area contributed by atoms with Crippen LogP contribution in [0, 0.1) is 0 Å². The van der Waals surface area contributed by atoms with Crippen LogP contribution in [0.25, 0.3) is 0 Å².